The van der Waals surface area contributed by atoms with Gasteiger partial charge in [-0.15, -0.1) is 0 Å². The Labute approximate surface area is 188 Å². The predicted molar refractivity (Wildman–Crippen MR) is 128 cm³/mol. The van der Waals surface area contributed by atoms with Crippen molar-refractivity contribution in [3.63, 3.8) is 0 Å². The molecular weight excluding hydrogens is 404 g/mol. The van der Waals surface area contributed by atoms with Gasteiger partial charge in [0.15, 0.2) is 0 Å². The van der Waals surface area contributed by atoms with E-state index in [1.165, 1.54) is 0 Å². The number of amides is 2. The first-order valence-electron chi connectivity index (χ1n) is 10.7. The van der Waals surface area contributed by atoms with E-state index >= 15 is 0 Å². The van der Waals surface area contributed by atoms with Crippen molar-refractivity contribution in [2.45, 2.75) is 20.8 Å². The summed E-state index contributed by atoms with van der Waals surface area (Å²) in [4.78, 5) is 23.6. The average Bonchev–Trinajstić information content (AvgIpc) is 2.78. The number of benzene rings is 2. The van der Waals surface area contributed by atoms with E-state index in [-0.39, 0.29) is 6.03 Å². The Morgan fingerprint density at radius 2 is 1.66 bits per heavy atom. The van der Waals surface area contributed by atoms with E-state index in [0.717, 1.165) is 47.2 Å². The van der Waals surface area contributed by atoms with Gasteiger partial charge in [0, 0.05) is 36.2 Å². The molecule has 1 aliphatic rings. The number of nitrogens with zero attached hydrogens (tertiary/aromatic N) is 3. The number of anilines is 5. The van der Waals surface area contributed by atoms with Gasteiger partial charge in [0.2, 0.25) is 0 Å². The molecule has 2 heterocycles. The highest BCUT2D eigenvalue weighted by Crippen LogP contribution is 2.22. The highest BCUT2D eigenvalue weighted by Gasteiger charge is 2.14. The van der Waals surface area contributed by atoms with Crippen LogP contribution in [0.2, 0.25) is 0 Å². The summed E-state index contributed by atoms with van der Waals surface area (Å²) in [5, 5.41) is 9.09. The lowest BCUT2D eigenvalue weighted by Crippen LogP contribution is -2.36. The molecular formula is C24H28N6O2. The summed E-state index contributed by atoms with van der Waals surface area (Å²) in [7, 11) is 0. The van der Waals surface area contributed by atoms with Gasteiger partial charge in [0.25, 0.3) is 0 Å². The quantitative estimate of drug-likeness (QED) is 0.545. The summed E-state index contributed by atoms with van der Waals surface area (Å²) in [5.74, 6) is 2.33. The second-order valence-electron chi connectivity index (χ2n) is 7.79. The molecule has 0 atom stereocenters. The number of carbonyl (C=O) groups is 1. The van der Waals surface area contributed by atoms with Gasteiger partial charge in [0.1, 0.15) is 17.5 Å². The Kier molecular flexibility index (Phi) is 6.51. The molecule has 1 fully saturated rings. The predicted octanol–water partition coefficient (Wildman–Crippen LogP) is 4.63. The molecule has 0 bridgehead atoms. The van der Waals surface area contributed by atoms with E-state index in [2.05, 4.69) is 30.8 Å². The minimum absolute atomic E-state index is 0.277. The number of hydrogen-bond donors (Lipinski definition) is 3. The Bertz CT molecular complexity index is 1090. The van der Waals surface area contributed by atoms with Crippen molar-refractivity contribution in [3.8, 4) is 0 Å². The van der Waals surface area contributed by atoms with Gasteiger partial charge in [-0.25, -0.2) is 14.8 Å². The highest BCUT2D eigenvalue weighted by atomic mass is 16.5. The zero-order chi connectivity index (χ0) is 22.5. The third-order valence-electron chi connectivity index (χ3n) is 5.43. The van der Waals surface area contributed by atoms with Crippen LogP contribution in [0.3, 0.4) is 0 Å². The smallest absolute Gasteiger partial charge is 0.323 e. The van der Waals surface area contributed by atoms with E-state index in [1.807, 2.05) is 69.3 Å². The van der Waals surface area contributed by atoms with Crippen molar-refractivity contribution in [1.29, 1.82) is 0 Å². The molecule has 166 valence electrons. The molecule has 0 radical (unpaired) electrons. The molecule has 0 spiro atoms. The van der Waals surface area contributed by atoms with Gasteiger partial charge in [-0.1, -0.05) is 12.1 Å². The monoisotopic (exact) mass is 432 g/mol. The van der Waals surface area contributed by atoms with E-state index in [1.54, 1.807) is 0 Å². The number of hydrogen-bond acceptors (Lipinski definition) is 6. The van der Waals surface area contributed by atoms with Gasteiger partial charge in [-0.3, -0.25) is 0 Å². The molecule has 3 aromatic rings. The van der Waals surface area contributed by atoms with Gasteiger partial charge < -0.3 is 25.6 Å². The number of ether oxygens (including phenoxy) is 1. The molecule has 1 saturated heterocycles. The van der Waals surface area contributed by atoms with Crippen LogP contribution in [0.15, 0.2) is 48.5 Å². The fourth-order valence-electron chi connectivity index (χ4n) is 3.53. The first-order valence-corrected chi connectivity index (χ1v) is 10.7. The van der Waals surface area contributed by atoms with Gasteiger partial charge in [-0.2, -0.15) is 0 Å². The van der Waals surface area contributed by atoms with Crippen molar-refractivity contribution >= 4 is 34.7 Å². The van der Waals surface area contributed by atoms with Crippen LogP contribution in [0.5, 0.6) is 0 Å². The fourth-order valence-corrected chi connectivity index (χ4v) is 3.53. The molecule has 0 saturated carbocycles. The largest absolute Gasteiger partial charge is 0.378 e. The minimum Gasteiger partial charge on any atom is -0.378 e. The van der Waals surface area contributed by atoms with E-state index < -0.39 is 0 Å². The van der Waals surface area contributed by atoms with Crippen LogP contribution in [0, 0.1) is 20.8 Å². The second kappa shape index (κ2) is 9.65. The summed E-state index contributed by atoms with van der Waals surface area (Å²) in [5.41, 5.74) is 4.56. The lowest BCUT2D eigenvalue weighted by molar-refractivity contribution is 0.122. The van der Waals surface area contributed by atoms with Crippen molar-refractivity contribution in [2.75, 3.05) is 47.2 Å². The Morgan fingerprint density at radius 3 is 2.41 bits per heavy atom. The highest BCUT2D eigenvalue weighted by molar-refractivity contribution is 6.00. The van der Waals surface area contributed by atoms with Crippen LogP contribution < -0.4 is 20.9 Å². The van der Waals surface area contributed by atoms with E-state index in [4.69, 9.17) is 4.74 Å². The standard InChI is InChI=1S/C24H28N6O2/c1-16-5-4-6-21(17(16)2)29-24(31)28-20-9-7-19(8-10-20)27-22-15-23(26-18(3)25-22)30-11-13-32-14-12-30/h4-10,15H,11-14H2,1-3H3,(H,25,26,27)(H2,28,29,31). The topological polar surface area (TPSA) is 91.4 Å². The fraction of sp³-hybridized carbons (Fsp3) is 0.292. The third-order valence-corrected chi connectivity index (χ3v) is 5.43. The molecule has 4 rings (SSSR count). The lowest BCUT2D eigenvalue weighted by Gasteiger charge is -2.28. The molecule has 8 nitrogen and oxygen atoms in total. The minimum atomic E-state index is -0.277. The van der Waals surface area contributed by atoms with E-state index in [9.17, 15) is 4.79 Å². The molecule has 0 unspecified atom stereocenters. The summed E-state index contributed by atoms with van der Waals surface area (Å²) in [6.45, 7) is 8.95. The molecule has 1 aromatic heterocycles. The number of aryl methyl sites for hydroxylation is 2. The number of urea groups is 1. The number of rotatable bonds is 5. The Balaban J connectivity index is 1.39. The summed E-state index contributed by atoms with van der Waals surface area (Å²) < 4.78 is 5.43. The van der Waals surface area contributed by atoms with Crippen LogP contribution in [0.25, 0.3) is 0 Å². The van der Waals surface area contributed by atoms with Gasteiger partial charge in [0.05, 0.1) is 13.2 Å². The molecule has 3 N–H and O–H groups in total. The SMILES string of the molecule is Cc1nc(Nc2ccc(NC(=O)Nc3cccc(C)c3C)cc2)cc(N2CCOCC2)n1. The molecule has 1 aliphatic heterocycles. The lowest BCUT2D eigenvalue weighted by atomic mass is 10.1. The van der Waals surface area contributed by atoms with Crippen molar-refractivity contribution in [1.82, 2.24) is 9.97 Å². The van der Waals surface area contributed by atoms with Crippen molar-refractivity contribution in [2.24, 2.45) is 0 Å². The van der Waals surface area contributed by atoms with Crippen LogP contribution in [0.1, 0.15) is 17.0 Å². The van der Waals surface area contributed by atoms with Gasteiger partial charge in [-0.05, 0) is 62.2 Å². The Morgan fingerprint density at radius 1 is 0.938 bits per heavy atom. The van der Waals surface area contributed by atoms with Gasteiger partial charge >= 0.3 is 6.03 Å². The number of aromatic nitrogens is 2. The molecule has 32 heavy (non-hydrogen) atoms. The molecule has 8 heteroatoms. The zero-order valence-electron chi connectivity index (χ0n) is 18.6. The van der Waals surface area contributed by atoms with Crippen LogP contribution in [0.4, 0.5) is 33.5 Å². The van der Waals surface area contributed by atoms with Crippen molar-refractivity contribution in [3.05, 3.63) is 65.5 Å². The Hall–Kier alpha value is -3.65. The summed E-state index contributed by atoms with van der Waals surface area (Å²) >= 11 is 0. The zero-order valence-corrected chi connectivity index (χ0v) is 18.6. The summed E-state index contributed by atoms with van der Waals surface area (Å²) in [6, 6.07) is 15.0. The van der Waals surface area contributed by atoms with Crippen LogP contribution in [-0.4, -0.2) is 42.3 Å². The normalized spacial score (nSPS) is 13.5. The first-order chi connectivity index (χ1) is 15.5. The van der Waals surface area contributed by atoms with Crippen molar-refractivity contribution < 1.29 is 9.53 Å². The second-order valence-corrected chi connectivity index (χ2v) is 7.79. The molecule has 2 aromatic carbocycles. The van der Waals surface area contributed by atoms with Crippen LogP contribution in [-0.2, 0) is 4.74 Å². The summed E-state index contributed by atoms with van der Waals surface area (Å²) in [6.07, 6.45) is 0. The first kappa shape index (κ1) is 21.6. The maximum absolute atomic E-state index is 12.4. The molecule has 0 aliphatic carbocycles. The van der Waals surface area contributed by atoms with Crippen LogP contribution >= 0.6 is 0 Å². The third kappa shape index (κ3) is 5.33. The molecule has 2 amide bonds. The average molecular weight is 433 g/mol. The number of nitrogens with one attached hydrogen (secondary N) is 3. The number of morpholine rings is 1. The maximum Gasteiger partial charge on any atom is 0.323 e. The number of carbonyl (C=O) groups excluding carboxylic acids is 1. The van der Waals surface area contributed by atoms with E-state index in [0.29, 0.717) is 24.7 Å². The maximum atomic E-state index is 12.4.